The fourth-order valence-corrected chi connectivity index (χ4v) is 1.56. The van der Waals surface area contributed by atoms with E-state index in [2.05, 4.69) is 5.16 Å². The summed E-state index contributed by atoms with van der Waals surface area (Å²) >= 11 is 0. The van der Waals surface area contributed by atoms with Crippen LogP contribution in [0.1, 0.15) is 18.9 Å². The van der Waals surface area contributed by atoms with Gasteiger partial charge in [-0.2, -0.15) is 0 Å². The topological polar surface area (TPSA) is 58.9 Å². The molecule has 0 aliphatic carbocycles. The summed E-state index contributed by atoms with van der Waals surface area (Å²) < 4.78 is 26.9. The van der Waals surface area contributed by atoms with Crippen molar-refractivity contribution in [2.24, 2.45) is 5.16 Å². The highest BCUT2D eigenvalue weighted by Gasteiger charge is 2.43. The lowest BCUT2D eigenvalue weighted by Crippen LogP contribution is -2.35. The first-order valence-electron chi connectivity index (χ1n) is 4.87. The monoisotopic (exact) mass is 241 g/mol. The minimum absolute atomic E-state index is 0.0366. The van der Waals surface area contributed by atoms with Crippen LogP contribution >= 0.6 is 0 Å². The van der Waals surface area contributed by atoms with Crippen LogP contribution in [0.5, 0.6) is 0 Å². The second kappa shape index (κ2) is 3.80. The summed E-state index contributed by atoms with van der Waals surface area (Å²) in [6.45, 7) is 1.30. The zero-order chi connectivity index (χ0) is 12.6. The van der Waals surface area contributed by atoms with E-state index in [0.29, 0.717) is 0 Å². The van der Waals surface area contributed by atoms with Crippen molar-refractivity contribution in [1.82, 2.24) is 0 Å². The molecule has 1 N–H and O–H groups in total. The summed E-state index contributed by atoms with van der Waals surface area (Å²) in [5, 5.41) is 12.3. The molecule has 0 radical (unpaired) electrons. The first kappa shape index (κ1) is 11.5. The van der Waals surface area contributed by atoms with Crippen LogP contribution in [0.4, 0.5) is 8.78 Å². The van der Waals surface area contributed by atoms with Crippen LogP contribution < -0.4 is 0 Å². The number of hydrogen-bond donors (Lipinski definition) is 1. The van der Waals surface area contributed by atoms with Crippen molar-refractivity contribution in [3.63, 3.8) is 0 Å². The molecule has 90 valence electrons. The van der Waals surface area contributed by atoms with Gasteiger partial charge in [0.05, 0.1) is 11.3 Å². The van der Waals surface area contributed by atoms with E-state index >= 15 is 0 Å². The summed E-state index contributed by atoms with van der Waals surface area (Å²) in [4.78, 5) is 15.6. The summed E-state index contributed by atoms with van der Waals surface area (Å²) in [6, 6.07) is 3.38. The Labute approximate surface area is 95.5 Å². The Balaban J connectivity index is 2.36. The van der Waals surface area contributed by atoms with Gasteiger partial charge in [-0.05, 0) is 19.1 Å². The van der Waals surface area contributed by atoms with Gasteiger partial charge in [0.2, 0.25) is 5.60 Å². The molecule has 1 aromatic rings. The third kappa shape index (κ3) is 1.86. The average molecular weight is 241 g/mol. The van der Waals surface area contributed by atoms with E-state index in [0.717, 1.165) is 12.1 Å². The highest BCUT2D eigenvalue weighted by Crippen LogP contribution is 2.28. The smallest absolute Gasteiger partial charge is 0.351 e. The lowest BCUT2D eigenvalue weighted by molar-refractivity contribution is -0.160. The Morgan fingerprint density at radius 1 is 1.47 bits per heavy atom. The fourth-order valence-electron chi connectivity index (χ4n) is 1.56. The third-order valence-electron chi connectivity index (χ3n) is 2.57. The molecule has 17 heavy (non-hydrogen) atoms. The van der Waals surface area contributed by atoms with Gasteiger partial charge >= 0.3 is 5.97 Å². The van der Waals surface area contributed by atoms with Crippen molar-refractivity contribution < 1.29 is 23.5 Å². The minimum Gasteiger partial charge on any atom is -0.478 e. The molecule has 4 nitrogen and oxygen atoms in total. The molecule has 0 bridgehead atoms. The van der Waals surface area contributed by atoms with Gasteiger partial charge < -0.3 is 9.94 Å². The molecule has 0 saturated carbocycles. The van der Waals surface area contributed by atoms with Crippen LogP contribution in [-0.4, -0.2) is 22.4 Å². The number of halogens is 2. The van der Waals surface area contributed by atoms with Crippen molar-refractivity contribution in [1.29, 1.82) is 0 Å². The van der Waals surface area contributed by atoms with E-state index in [1.54, 1.807) is 0 Å². The zero-order valence-electron chi connectivity index (χ0n) is 8.91. The summed E-state index contributed by atoms with van der Waals surface area (Å²) in [5.74, 6) is -2.81. The van der Waals surface area contributed by atoms with Gasteiger partial charge in [0.15, 0.2) is 0 Å². The van der Waals surface area contributed by atoms with E-state index in [1.807, 2.05) is 0 Å². The molecule has 6 heteroatoms. The number of hydrogen-bond acceptors (Lipinski definition) is 3. The number of rotatable bonds is 2. The second-order valence-electron chi connectivity index (χ2n) is 3.94. The van der Waals surface area contributed by atoms with Gasteiger partial charge in [0.25, 0.3) is 0 Å². The van der Waals surface area contributed by atoms with Crippen LogP contribution in [0.3, 0.4) is 0 Å². The Bertz CT molecular complexity index is 495. The van der Waals surface area contributed by atoms with Gasteiger partial charge in [-0.1, -0.05) is 11.2 Å². The number of carbonyl (C=O) groups is 1. The van der Waals surface area contributed by atoms with Crippen LogP contribution in [-0.2, 0) is 9.63 Å². The predicted molar refractivity (Wildman–Crippen MR) is 54.6 cm³/mol. The van der Waals surface area contributed by atoms with Gasteiger partial charge in [-0.3, -0.25) is 0 Å². The van der Waals surface area contributed by atoms with Crippen molar-refractivity contribution in [3.05, 3.63) is 35.4 Å². The number of aliphatic carboxylic acids is 1. The number of oxime groups is 1. The lowest BCUT2D eigenvalue weighted by Gasteiger charge is -2.14. The molecule has 0 amide bonds. The van der Waals surface area contributed by atoms with Crippen molar-refractivity contribution in [2.75, 3.05) is 0 Å². The van der Waals surface area contributed by atoms with E-state index in [4.69, 9.17) is 9.94 Å². The lowest BCUT2D eigenvalue weighted by atomic mass is 9.95. The van der Waals surface area contributed by atoms with Crippen molar-refractivity contribution >= 4 is 11.7 Å². The normalized spacial score (nSPS) is 23.1. The van der Waals surface area contributed by atoms with Gasteiger partial charge in [-0.25, -0.2) is 13.6 Å². The van der Waals surface area contributed by atoms with E-state index in [1.165, 1.54) is 13.0 Å². The van der Waals surface area contributed by atoms with Crippen LogP contribution in [0, 0.1) is 11.6 Å². The molecule has 0 aromatic heterocycles. The molecule has 1 aliphatic rings. The van der Waals surface area contributed by atoms with Crippen LogP contribution in [0.25, 0.3) is 0 Å². The Morgan fingerprint density at radius 3 is 2.53 bits per heavy atom. The van der Waals surface area contributed by atoms with Crippen LogP contribution in [0.15, 0.2) is 23.4 Å². The Kier molecular flexibility index (Phi) is 2.57. The predicted octanol–water partition coefficient (Wildman–Crippen LogP) is 1.93. The zero-order valence-corrected chi connectivity index (χ0v) is 8.91. The standard InChI is InChI=1S/C11H9F2NO3/c1-11(10(15)16)5-8(14-17-11)9-6(12)3-2-4-7(9)13/h2-4H,5H2,1H3,(H,15,16). The van der Waals surface area contributed by atoms with Crippen molar-refractivity contribution in [2.45, 2.75) is 18.9 Å². The highest BCUT2D eigenvalue weighted by atomic mass is 19.1. The SMILES string of the molecule is CC1(C(=O)O)CC(c2c(F)cccc2F)=NO1. The first-order chi connectivity index (χ1) is 7.94. The fraction of sp³-hybridized carbons (Fsp3) is 0.273. The summed E-state index contributed by atoms with van der Waals surface area (Å²) in [7, 11) is 0. The molecule has 0 saturated heterocycles. The quantitative estimate of drug-likeness (QED) is 0.860. The van der Waals surface area contributed by atoms with Gasteiger partial charge in [-0.15, -0.1) is 0 Å². The van der Waals surface area contributed by atoms with E-state index in [-0.39, 0.29) is 17.7 Å². The second-order valence-corrected chi connectivity index (χ2v) is 3.94. The number of nitrogens with zero attached hydrogens (tertiary/aromatic N) is 1. The largest absolute Gasteiger partial charge is 0.478 e. The molecule has 1 aromatic carbocycles. The molecular formula is C11H9F2NO3. The van der Waals surface area contributed by atoms with E-state index < -0.39 is 23.2 Å². The molecule has 2 rings (SSSR count). The maximum absolute atomic E-state index is 13.4. The van der Waals surface area contributed by atoms with Crippen LogP contribution in [0.2, 0.25) is 0 Å². The number of carboxylic acid groups (broad SMARTS) is 1. The van der Waals surface area contributed by atoms with Crippen molar-refractivity contribution in [3.8, 4) is 0 Å². The summed E-state index contributed by atoms with van der Waals surface area (Å²) in [5.41, 5.74) is -1.94. The molecule has 1 heterocycles. The number of carboxylic acids is 1. The maximum atomic E-state index is 13.4. The average Bonchev–Trinajstić information content (AvgIpc) is 2.62. The van der Waals surface area contributed by atoms with Gasteiger partial charge in [0, 0.05) is 6.42 Å². The Hall–Kier alpha value is -1.98. The summed E-state index contributed by atoms with van der Waals surface area (Å²) in [6.07, 6.45) is -0.180. The highest BCUT2D eigenvalue weighted by molar-refractivity contribution is 6.04. The molecule has 0 spiro atoms. The van der Waals surface area contributed by atoms with E-state index in [9.17, 15) is 13.6 Å². The Morgan fingerprint density at radius 2 is 2.06 bits per heavy atom. The number of benzene rings is 1. The maximum Gasteiger partial charge on any atom is 0.351 e. The minimum atomic E-state index is -1.57. The molecular weight excluding hydrogens is 232 g/mol. The molecule has 1 atom stereocenters. The molecule has 1 aliphatic heterocycles. The van der Waals surface area contributed by atoms with Gasteiger partial charge in [0.1, 0.15) is 11.6 Å². The molecule has 0 fully saturated rings. The third-order valence-corrected chi connectivity index (χ3v) is 2.57. The molecule has 1 unspecified atom stereocenters. The first-order valence-corrected chi connectivity index (χ1v) is 4.87.